The summed E-state index contributed by atoms with van der Waals surface area (Å²) in [6.07, 6.45) is 0. The van der Waals surface area contributed by atoms with Crippen LogP contribution in [0, 0.1) is 0 Å². The van der Waals surface area contributed by atoms with E-state index < -0.39 is 4.87 Å². The average Bonchev–Trinajstić information content (AvgIpc) is 3.26. The van der Waals surface area contributed by atoms with E-state index in [0.717, 1.165) is 16.8 Å². The predicted molar refractivity (Wildman–Crippen MR) is 124 cm³/mol. The normalized spacial score (nSPS) is 19.9. The van der Waals surface area contributed by atoms with Crippen molar-refractivity contribution < 1.29 is 14.3 Å². The lowest BCUT2D eigenvalue weighted by Crippen LogP contribution is -2.49. The number of anilines is 2. The molecule has 0 bridgehead atoms. The Morgan fingerprint density at radius 3 is 2.42 bits per heavy atom. The predicted octanol–water partition coefficient (Wildman–Crippen LogP) is 4.83. The van der Waals surface area contributed by atoms with Gasteiger partial charge in [-0.1, -0.05) is 41.9 Å². The Morgan fingerprint density at radius 2 is 1.71 bits per heavy atom. The van der Waals surface area contributed by atoms with Crippen LogP contribution in [0.25, 0.3) is 0 Å². The number of fused-ring (bicyclic) bond motifs is 2. The first-order chi connectivity index (χ1) is 15.0. The van der Waals surface area contributed by atoms with Gasteiger partial charge >= 0.3 is 0 Å². The van der Waals surface area contributed by atoms with Crippen molar-refractivity contribution in [2.45, 2.75) is 11.4 Å². The van der Waals surface area contributed by atoms with Crippen LogP contribution < -0.4 is 14.5 Å². The minimum atomic E-state index is -1.12. The number of methoxy groups -OCH3 is 1. The summed E-state index contributed by atoms with van der Waals surface area (Å²) in [7, 11) is 1.60. The van der Waals surface area contributed by atoms with Crippen LogP contribution in [0.15, 0.2) is 72.8 Å². The molecular formula is C24H19ClN2O3S. The van der Waals surface area contributed by atoms with Gasteiger partial charge < -0.3 is 9.64 Å². The Balaban J connectivity index is 1.61. The zero-order chi connectivity index (χ0) is 21.6. The molecule has 2 aliphatic heterocycles. The van der Waals surface area contributed by atoms with E-state index in [9.17, 15) is 9.59 Å². The van der Waals surface area contributed by atoms with Gasteiger partial charge in [0.15, 0.2) is 0 Å². The summed E-state index contributed by atoms with van der Waals surface area (Å²) in [5.41, 5.74) is 3.30. The second kappa shape index (κ2) is 7.62. The Bertz CT molecular complexity index is 1170. The van der Waals surface area contributed by atoms with E-state index in [1.165, 1.54) is 11.8 Å². The molecule has 7 heteroatoms. The molecule has 0 aliphatic carbocycles. The van der Waals surface area contributed by atoms with E-state index in [1.54, 1.807) is 29.0 Å². The molecule has 156 valence electrons. The maximum absolute atomic E-state index is 14.0. The molecule has 5 rings (SSSR count). The molecule has 1 fully saturated rings. The molecule has 0 radical (unpaired) electrons. The Labute approximate surface area is 189 Å². The summed E-state index contributed by atoms with van der Waals surface area (Å²) in [6.45, 7) is 0.403. The number of hydrogen-bond donors (Lipinski definition) is 0. The standard InChI is InChI=1S/C24H19ClN2O3S/c1-30-19-12-10-18(11-13-19)27-22(28)15-31-24(27)20-4-2-3-5-21(20)26(23(24)29)14-16-6-8-17(25)9-7-16/h2-13H,14-15H2,1H3. The average molecular weight is 451 g/mol. The van der Waals surface area contributed by atoms with Gasteiger partial charge in [0.1, 0.15) is 5.75 Å². The lowest BCUT2D eigenvalue weighted by atomic mass is 10.0. The van der Waals surface area contributed by atoms with E-state index in [4.69, 9.17) is 16.3 Å². The van der Waals surface area contributed by atoms with Crippen LogP contribution in [0.4, 0.5) is 11.4 Å². The van der Waals surface area contributed by atoms with Gasteiger partial charge in [0.25, 0.3) is 5.91 Å². The number of carbonyl (C=O) groups excluding carboxylic acids is 2. The highest BCUT2D eigenvalue weighted by molar-refractivity contribution is 8.02. The molecule has 1 spiro atoms. The van der Waals surface area contributed by atoms with Gasteiger partial charge in [-0.2, -0.15) is 0 Å². The fourth-order valence-corrected chi connectivity index (χ4v) is 5.70. The van der Waals surface area contributed by atoms with Crippen LogP contribution in [0.3, 0.4) is 0 Å². The highest BCUT2D eigenvalue weighted by atomic mass is 35.5. The molecule has 0 aromatic heterocycles. The number of rotatable bonds is 4. The topological polar surface area (TPSA) is 49.9 Å². The zero-order valence-corrected chi connectivity index (χ0v) is 18.3. The van der Waals surface area contributed by atoms with Gasteiger partial charge in [0.2, 0.25) is 10.8 Å². The van der Waals surface area contributed by atoms with Crippen molar-refractivity contribution in [3.63, 3.8) is 0 Å². The van der Waals surface area contributed by atoms with Crippen molar-refractivity contribution >= 4 is 46.6 Å². The Kier molecular flexibility index (Phi) is 4.91. The molecule has 0 N–H and O–H groups in total. The molecule has 2 amide bonds. The lowest BCUT2D eigenvalue weighted by Gasteiger charge is -2.33. The third kappa shape index (κ3) is 3.09. The van der Waals surface area contributed by atoms with Gasteiger partial charge in [-0.15, -0.1) is 11.8 Å². The summed E-state index contributed by atoms with van der Waals surface area (Å²) in [6, 6.07) is 22.4. The molecule has 0 saturated carbocycles. The SMILES string of the molecule is COc1ccc(N2C(=O)CSC23C(=O)N(Cc2ccc(Cl)cc2)c2ccccc23)cc1. The van der Waals surface area contributed by atoms with E-state index in [2.05, 4.69) is 0 Å². The van der Waals surface area contributed by atoms with E-state index in [-0.39, 0.29) is 17.6 Å². The van der Waals surface area contributed by atoms with Crippen LogP contribution in [0.5, 0.6) is 5.75 Å². The molecule has 2 aliphatic rings. The summed E-state index contributed by atoms with van der Waals surface area (Å²) in [5.74, 6) is 0.725. The maximum Gasteiger partial charge on any atom is 0.269 e. The minimum Gasteiger partial charge on any atom is -0.497 e. The van der Waals surface area contributed by atoms with Gasteiger partial charge in [0.05, 0.1) is 25.1 Å². The molecule has 1 saturated heterocycles. The van der Waals surface area contributed by atoms with Crippen molar-refractivity contribution in [2.75, 3.05) is 22.7 Å². The highest BCUT2D eigenvalue weighted by Crippen LogP contribution is 2.56. The number of amides is 2. The third-order valence-corrected chi connectivity index (χ3v) is 7.29. The molecule has 5 nitrogen and oxygen atoms in total. The lowest BCUT2D eigenvalue weighted by molar-refractivity contribution is -0.123. The summed E-state index contributed by atoms with van der Waals surface area (Å²) >= 11 is 7.40. The van der Waals surface area contributed by atoms with Crippen LogP contribution in [-0.4, -0.2) is 24.7 Å². The van der Waals surface area contributed by atoms with Gasteiger partial charge in [-0.3, -0.25) is 14.5 Å². The van der Waals surface area contributed by atoms with Crippen molar-refractivity contribution in [3.05, 3.63) is 88.9 Å². The molecular weight excluding hydrogens is 432 g/mol. The first-order valence-corrected chi connectivity index (χ1v) is 11.2. The van der Waals surface area contributed by atoms with Crippen molar-refractivity contribution in [2.24, 2.45) is 0 Å². The Hall–Kier alpha value is -2.96. The molecule has 3 aromatic rings. The number of ether oxygens (including phenoxy) is 1. The number of carbonyl (C=O) groups is 2. The fourth-order valence-electron chi connectivity index (χ4n) is 4.22. The number of halogens is 1. The van der Waals surface area contributed by atoms with Crippen molar-refractivity contribution in [3.8, 4) is 5.75 Å². The highest BCUT2D eigenvalue weighted by Gasteiger charge is 2.60. The third-order valence-electron chi connectivity index (χ3n) is 5.65. The van der Waals surface area contributed by atoms with Crippen LogP contribution in [0.1, 0.15) is 11.1 Å². The smallest absolute Gasteiger partial charge is 0.269 e. The first-order valence-electron chi connectivity index (χ1n) is 9.81. The molecule has 2 heterocycles. The van der Waals surface area contributed by atoms with Gasteiger partial charge in [-0.05, 0) is 48.0 Å². The van der Waals surface area contributed by atoms with E-state index in [1.807, 2.05) is 60.7 Å². The van der Waals surface area contributed by atoms with E-state index >= 15 is 0 Å². The van der Waals surface area contributed by atoms with Crippen LogP contribution >= 0.6 is 23.4 Å². The second-order valence-corrected chi connectivity index (χ2v) is 9.00. The van der Waals surface area contributed by atoms with Gasteiger partial charge in [-0.25, -0.2) is 0 Å². The number of benzene rings is 3. The molecule has 3 aromatic carbocycles. The number of para-hydroxylation sites is 1. The van der Waals surface area contributed by atoms with Crippen molar-refractivity contribution in [1.82, 2.24) is 0 Å². The summed E-state index contributed by atoms with van der Waals surface area (Å²) < 4.78 is 5.25. The van der Waals surface area contributed by atoms with Gasteiger partial charge in [0, 0.05) is 16.3 Å². The molecule has 31 heavy (non-hydrogen) atoms. The first kappa shape index (κ1) is 20.0. The van der Waals surface area contributed by atoms with Crippen molar-refractivity contribution in [1.29, 1.82) is 0 Å². The summed E-state index contributed by atoms with van der Waals surface area (Å²) in [4.78, 5) is 29.3. The quantitative estimate of drug-likeness (QED) is 0.571. The maximum atomic E-state index is 14.0. The Morgan fingerprint density at radius 1 is 1.00 bits per heavy atom. The van der Waals surface area contributed by atoms with Crippen LogP contribution in [0.2, 0.25) is 5.02 Å². The summed E-state index contributed by atoms with van der Waals surface area (Å²) in [5, 5.41) is 0.649. The molecule has 1 atom stereocenters. The minimum absolute atomic E-state index is 0.0911. The number of nitrogens with zero attached hydrogens (tertiary/aromatic N) is 2. The largest absolute Gasteiger partial charge is 0.497 e. The fraction of sp³-hybridized carbons (Fsp3) is 0.167. The van der Waals surface area contributed by atoms with Crippen LogP contribution in [-0.2, 0) is 21.0 Å². The number of hydrogen-bond acceptors (Lipinski definition) is 4. The second-order valence-electron chi connectivity index (χ2n) is 7.39. The van der Waals surface area contributed by atoms with E-state index in [0.29, 0.717) is 23.0 Å². The monoisotopic (exact) mass is 450 g/mol. The zero-order valence-electron chi connectivity index (χ0n) is 16.7. The number of thioether (sulfide) groups is 1. The molecule has 1 unspecified atom stereocenters.